The second kappa shape index (κ2) is 5.85. The van der Waals surface area contributed by atoms with E-state index in [4.69, 9.17) is 4.42 Å². The lowest BCUT2D eigenvalue weighted by Gasteiger charge is -2.19. The van der Waals surface area contributed by atoms with Crippen LogP contribution >= 0.6 is 23.1 Å². The third-order valence-electron chi connectivity index (χ3n) is 3.04. The fraction of sp³-hybridized carbons (Fsp3) is 0.429. The van der Waals surface area contributed by atoms with Gasteiger partial charge in [-0.1, -0.05) is 17.8 Å². The highest BCUT2D eigenvalue weighted by Gasteiger charge is 2.21. The van der Waals surface area contributed by atoms with Gasteiger partial charge in [0.05, 0.1) is 16.1 Å². The van der Waals surface area contributed by atoms with E-state index in [-0.39, 0.29) is 5.54 Å². The Kier molecular flexibility index (Phi) is 4.05. The highest BCUT2D eigenvalue weighted by atomic mass is 32.2. The van der Waals surface area contributed by atoms with Crippen molar-refractivity contribution in [2.75, 3.05) is 0 Å². The van der Waals surface area contributed by atoms with Crippen LogP contribution in [0.5, 0.6) is 0 Å². The molecule has 0 N–H and O–H groups in total. The summed E-state index contributed by atoms with van der Waals surface area (Å²) in [6.07, 6.45) is 0. The molecule has 3 heterocycles. The average Bonchev–Trinajstić information content (AvgIpc) is 3.16. The zero-order valence-electron chi connectivity index (χ0n) is 12.9. The van der Waals surface area contributed by atoms with Gasteiger partial charge < -0.3 is 4.42 Å². The third kappa shape index (κ3) is 3.07. The van der Waals surface area contributed by atoms with E-state index >= 15 is 0 Å². The number of thiophene rings is 1. The second-order valence-electron chi connectivity index (χ2n) is 5.83. The van der Waals surface area contributed by atoms with E-state index in [2.05, 4.69) is 41.3 Å². The Morgan fingerprint density at radius 3 is 2.86 bits per heavy atom. The van der Waals surface area contributed by atoms with E-state index in [1.807, 2.05) is 29.1 Å². The van der Waals surface area contributed by atoms with Crippen LogP contribution in [0.2, 0.25) is 0 Å². The van der Waals surface area contributed by atoms with Crippen LogP contribution in [0.15, 0.2) is 27.1 Å². The number of hydrogen-bond acceptors (Lipinski definition) is 7. The molecule has 0 amide bonds. The molecule has 6 nitrogen and oxygen atoms in total. The molecule has 0 aromatic carbocycles. The Labute approximate surface area is 136 Å². The number of thioether (sulfide) groups is 1. The summed E-state index contributed by atoms with van der Waals surface area (Å²) >= 11 is 3.19. The monoisotopic (exact) mass is 335 g/mol. The second-order valence-corrected chi connectivity index (χ2v) is 7.72. The zero-order valence-corrected chi connectivity index (χ0v) is 14.5. The lowest BCUT2D eigenvalue weighted by Crippen LogP contribution is -2.24. The molecule has 0 saturated carbocycles. The Balaban J connectivity index is 1.77. The molecule has 0 bridgehead atoms. The van der Waals surface area contributed by atoms with Gasteiger partial charge in [-0.05, 0) is 49.6 Å². The molecular weight excluding hydrogens is 318 g/mol. The summed E-state index contributed by atoms with van der Waals surface area (Å²) in [6.45, 7) is 8.16. The molecular formula is C14H17N5OS2. The Bertz CT molecular complexity index is 755. The fourth-order valence-corrected chi connectivity index (χ4v) is 3.60. The van der Waals surface area contributed by atoms with Crippen molar-refractivity contribution >= 4 is 23.1 Å². The normalized spacial score (nSPS) is 12.0. The molecule has 3 aromatic rings. The van der Waals surface area contributed by atoms with Crippen LogP contribution in [-0.4, -0.2) is 25.2 Å². The fourth-order valence-electron chi connectivity index (χ4n) is 1.89. The topological polar surface area (TPSA) is 69.6 Å². The largest absolute Gasteiger partial charge is 0.440 e. The Morgan fingerprint density at radius 1 is 1.36 bits per heavy atom. The molecule has 3 rings (SSSR count). The third-order valence-corrected chi connectivity index (χ3v) is 4.83. The van der Waals surface area contributed by atoms with Gasteiger partial charge in [0.1, 0.15) is 5.76 Å². The highest BCUT2D eigenvalue weighted by Crippen LogP contribution is 2.29. The molecule has 0 aliphatic heterocycles. The van der Waals surface area contributed by atoms with Crippen LogP contribution in [0.4, 0.5) is 0 Å². The van der Waals surface area contributed by atoms with Gasteiger partial charge in [0.2, 0.25) is 11.0 Å². The van der Waals surface area contributed by atoms with E-state index in [1.165, 1.54) is 0 Å². The van der Waals surface area contributed by atoms with Crippen molar-refractivity contribution in [1.29, 1.82) is 0 Å². The molecule has 0 saturated heterocycles. The van der Waals surface area contributed by atoms with Gasteiger partial charge >= 0.3 is 0 Å². The smallest absolute Gasteiger partial charge is 0.236 e. The van der Waals surface area contributed by atoms with E-state index in [0.29, 0.717) is 11.6 Å². The summed E-state index contributed by atoms with van der Waals surface area (Å²) in [5.41, 5.74) is 0.782. The predicted molar refractivity (Wildman–Crippen MR) is 86.9 cm³/mol. The number of rotatable bonds is 4. The van der Waals surface area contributed by atoms with Gasteiger partial charge in [0.15, 0.2) is 0 Å². The van der Waals surface area contributed by atoms with E-state index in [0.717, 1.165) is 21.5 Å². The number of hydrogen-bond donors (Lipinski definition) is 0. The maximum absolute atomic E-state index is 5.75. The summed E-state index contributed by atoms with van der Waals surface area (Å²) in [7, 11) is 0. The van der Waals surface area contributed by atoms with Crippen LogP contribution < -0.4 is 0 Å². The lowest BCUT2D eigenvalue weighted by atomic mass is 10.1. The van der Waals surface area contributed by atoms with Gasteiger partial charge in [-0.25, -0.2) is 9.67 Å². The van der Waals surface area contributed by atoms with Crippen molar-refractivity contribution < 1.29 is 4.42 Å². The van der Waals surface area contributed by atoms with Crippen LogP contribution in [0.3, 0.4) is 0 Å². The standard InChI is InChI=1S/C14H17N5OS2/c1-9-10(15-12(20-9)11-6-5-7-21-11)8-22-13-16-17-18-19(13)14(2,3)4/h5-7H,8H2,1-4H3. The summed E-state index contributed by atoms with van der Waals surface area (Å²) in [5.74, 6) is 2.20. The van der Waals surface area contributed by atoms with Gasteiger partial charge in [-0.2, -0.15) is 0 Å². The van der Waals surface area contributed by atoms with Gasteiger partial charge in [-0.15, -0.1) is 16.4 Å². The van der Waals surface area contributed by atoms with Crippen LogP contribution in [0.1, 0.15) is 32.2 Å². The summed E-state index contributed by atoms with van der Waals surface area (Å²) < 4.78 is 7.58. The van der Waals surface area contributed by atoms with Crippen molar-refractivity contribution in [3.05, 3.63) is 29.0 Å². The van der Waals surface area contributed by atoms with Crippen molar-refractivity contribution in [2.45, 2.75) is 44.1 Å². The van der Waals surface area contributed by atoms with Gasteiger partial charge in [0.25, 0.3) is 0 Å². The molecule has 0 spiro atoms. The molecule has 0 atom stereocenters. The Hall–Kier alpha value is -1.67. The first-order chi connectivity index (χ1) is 10.4. The minimum Gasteiger partial charge on any atom is -0.440 e. The quantitative estimate of drug-likeness (QED) is 0.676. The van der Waals surface area contributed by atoms with Crippen LogP contribution in [-0.2, 0) is 11.3 Å². The van der Waals surface area contributed by atoms with Crippen molar-refractivity contribution in [3.8, 4) is 10.8 Å². The van der Waals surface area contributed by atoms with E-state index in [1.54, 1.807) is 23.1 Å². The minimum atomic E-state index is -0.146. The molecule has 22 heavy (non-hydrogen) atoms. The lowest BCUT2D eigenvalue weighted by molar-refractivity contribution is 0.321. The van der Waals surface area contributed by atoms with Gasteiger partial charge in [0, 0.05) is 5.75 Å². The van der Waals surface area contributed by atoms with Crippen molar-refractivity contribution in [2.24, 2.45) is 0 Å². The van der Waals surface area contributed by atoms with E-state index < -0.39 is 0 Å². The van der Waals surface area contributed by atoms with Crippen LogP contribution in [0, 0.1) is 6.92 Å². The highest BCUT2D eigenvalue weighted by molar-refractivity contribution is 7.98. The summed E-state index contributed by atoms with van der Waals surface area (Å²) in [6, 6.07) is 4.00. The predicted octanol–water partition coefficient (Wildman–Crippen LogP) is 3.75. The summed E-state index contributed by atoms with van der Waals surface area (Å²) in [5, 5.41) is 14.7. The SMILES string of the molecule is Cc1oc(-c2cccs2)nc1CSc1nnnn1C(C)(C)C. The average molecular weight is 335 g/mol. The summed E-state index contributed by atoms with van der Waals surface area (Å²) in [4.78, 5) is 5.63. The molecule has 3 aromatic heterocycles. The van der Waals surface area contributed by atoms with Crippen molar-refractivity contribution in [3.63, 3.8) is 0 Å². The number of aryl methyl sites for hydroxylation is 1. The molecule has 0 radical (unpaired) electrons. The maximum atomic E-state index is 5.75. The minimum absolute atomic E-state index is 0.146. The maximum Gasteiger partial charge on any atom is 0.236 e. The molecule has 0 fully saturated rings. The number of aromatic nitrogens is 5. The number of oxazole rings is 1. The first kappa shape index (κ1) is 15.2. The molecule has 0 aliphatic carbocycles. The Morgan fingerprint density at radius 2 is 2.18 bits per heavy atom. The number of nitrogens with zero attached hydrogens (tertiary/aromatic N) is 5. The van der Waals surface area contributed by atoms with E-state index in [9.17, 15) is 0 Å². The van der Waals surface area contributed by atoms with Crippen molar-refractivity contribution in [1.82, 2.24) is 25.2 Å². The van der Waals surface area contributed by atoms with Crippen LogP contribution in [0.25, 0.3) is 10.8 Å². The van der Waals surface area contributed by atoms with Gasteiger partial charge in [-0.3, -0.25) is 0 Å². The first-order valence-electron chi connectivity index (χ1n) is 6.87. The molecule has 0 aliphatic rings. The zero-order chi connectivity index (χ0) is 15.7. The first-order valence-corrected chi connectivity index (χ1v) is 8.73. The molecule has 0 unspecified atom stereocenters. The molecule has 8 heteroatoms. The number of tetrazole rings is 1. The molecule has 116 valence electrons.